The number of amides is 1. The number of rotatable bonds is 2. The van der Waals surface area contributed by atoms with E-state index in [1.54, 1.807) is 19.1 Å². The summed E-state index contributed by atoms with van der Waals surface area (Å²) in [6.07, 6.45) is -0.661. The molecule has 106 valence electrons. The van der Waals surface area contributed by atoms with Gasteiger partial charge in [-0.1, -0.05) is 26.0 Å². The van der Waals surface area contributed by atoms with Crippen LogP contribution in [0.1, 0.15) is 39.0 Å². The number of nitrogens with zero attached hydrogens (tertiary/aromatic N) is 1. The average Bonchev–Trinajstić information content (AvgIpc) is 2.62. The molecule has 2 atom stereocenters. The molecule has 0 aromatic heterocycles. The molecule has 2 aliphatic rings. The summed E-state index contributed by atoms with van der Waals surface area (Å²) in [7, 11) is 0. The van der Waals surface area contributed by atoms with Crippen LogP contribution in [-0.4, -0.2) is 22.5 Å². The van der Waals surface area contributed by atoms with Crippen molar-refractivity contribution in [1.82, 2.24) is 4.90 Å². The van der Waals surface area contributed by atoms with Crippen molar-refractivity contribution in [2.75, 3.05) is 0 Å². The number of carbonyl (C=O) groups is 2. The Balaban J connectivity index is 2.06. The van der Waals surface area contributed by atoms with Gasteiger partial charge in [0.05, 0.1) is 5.56 Å². The summed E-state index contributed by atoms with van der Waals surface area (Å²) in [5.74, 6) is 0.349. The molecule has 5 heteroatoms. The topological polar surface area (TPSA) is 55.8 Å². The van der Waals surface area contributed by atoms with Crippen LogP contribution < -0.4 is 4.74 Å². The molecule has 5 nitrogen and oxygen atoms in total. The minimum absolute atomic E-state index is 0.260. The number of hydrogen-bond acceptors (Lipinski definition) is 4. The molecular formula is C15H17NO4. The Morgan fingerprint density at radius 1 is 1.30 bits per heavy atom. The minimum atomic E-state index is -0.969. The molecule has 20 heavy (non-hydrogen) atoms. The molecule has 3 rings (SSSR count). The molecule has 0 saturated carbocycles. The zero-order valence-corrected chi connectivity index (χ0v) is 11.8. The Morgan fingerprint density at radius 2 is 2.00 bits per heavy atom. The summed E-state index contributed by atoms with van der Waals surface area (Å²) in [5, 5.41) is 0. The average molecular weight is 275 g/mol. The number of ether oxygens (including phenoxy) is 2. The quantitative estimate of drug-likeness (QED) is 0.779. The van der Waals surface area contributed by atoms with Gasteiger partial charge in [0, 0.05) is 0 Å². The Labute approximate surface area is 117 Å². The van der Waals surface area contributed by atoms with E-state index in [-0.39, 0.29) is 11.9 Å². The maximum absolute atomic E-state index is 12.3. The minimum Gasteiger partial charge on any atom is -0.435 e. The van der Waals surface area contributed by atoms with Gasteiger partial charge in [-0.25, -0.2) is 9.59 Å². The van der Waals surface area contributed by atoms with Gasteiger partial charge in [-0.2, -0.15) is 0 Å². The molecule has 1 aromatic rings. The number of hydrogen-bond donors (Lipinski definition) is 0. The van der Waals surface area contributed by atoms with Crippen molar-refractivity contribution >= 4 is 12.1 Å². The predicted molar refractivity (Wildman–Crippen MR) is 71.0 cm³/mol. The Kier molecular flexibility index (Phi) is 2.74. The predicted octanol–water partition coefficient (Wildman–Crippen LogP) is 2.86. The molecule has 0 aliphatic carbocycles. The summed E-state index contributed by atoms with van der Waals surface area (Å²) >= 11 is 0. The number of fused-ring (bicyclic) bond motifs is 3. The first-order valence-electron chi connectivity index (χ1n) is 6.74. The fraction of sp³-hybridized carbons (Fsp3) is 0.467. The lowest BCUT2D eigenvalue weighted by atomic mass is 9.89. The zero-order chi connectivity index (χ0) is 14.5. The monoisotopic (exact) mass is 275 g/mol. The van der Waals surface area contributed by atoms with Gasteiger partial charge in [-0.05, 0) is 31.4 Å². The van der Waals surface area contributed by atoms with Crippen molar-refractivity contribution in [3.63, 3.8) is 0 Å². The summed E-state index contributed by atoms with van der Waals surface area (Å²) in [4.78, 5) is 26.0. The Bertz CT molecular complexity index is 583. The second kappa shape index (κ2) is 4.23. The summed E-state index contributed by atoms with van der Waals surface area (Å²) in [6.45, 7) is 5.76. The second-order valence-corrected chi connectivity index (χ2v) is 5.91. The number of para-hydroxylation sites is 1. The lowest BCUT2D eigenvalue weighted by Crippen LogP contribution is -2.52. The fourth-order valence-corrected chi connectivity index (χ4v) is 3.04. The highest BCUT2D eigenvalue weighted by atomic mass is 16.6. The molecule has 0 radical (unpaired) electrons. The zero-order valence-electron chi connectivity index (χ0n) is 11.8. The fourth-order valence-electron chi connectivity index (χ4n) is 3.04. The molecule has 2 aliphatic heterocycles. The van der Waals surface area contributed by atoms with Crippen molar-refractivity contribution in [2.24, 2.45) is 5.92 Å². The second-order valence-electron chi connectivity index (χ2n) is 5.91. The number of esters is 1. The summed E-state index contributed by atoms with van der Waals surface area (Å²) < 4.78 is 10.8. The first kappa shape index (κ1) is 13.0. The van der Waals surface area contributed by atoms with Gasteiger partial charge in [-0.15, -0.1) is 0 Å². The van der Waals surface area contributed by atoms with Gasteiger partial charge >= 0.3 is 12.1 Å². The van der Waals surface area contributed by atoms with Crippen molar-refractivity contribution in [3.05, 3.63) is 29.8 Å². The smallest absolute Gasteiger partial charge is 0.419 e. The van der Waals surface area contributed by atoms with Crippen LogP contribution in [0.5, 0.6) is 5.75 Å². The SMILES string of the molecule is CC(C)C[C@@]1(C)C(=O)O[C@@H]2c3ccccc3OC(=O)N21. The summed E-state index contributed by atoms with van der Waals surface area (Å²) in [5.41, 5.74) is -0.253. The molecule has 1 fully saturated rings. The standard InChI is InChI=1S/C15H17NO4/c1-9(2)8-15(3)13(17)20-12-10-6-4-5-7-11(10)19-14(18)16(12)15/h4-7,9,12H,8H2,1-3H3/t12-,15+/m1/s1. The van der Waals surface area contributed by atoms with E-state index in [2.05, 4.69) is 0 Å². The van der Waals surface area contributed by atoms with Crippen molar-refractivity contribution < 1.29 is 19.1 Å². The molecule has 0 spiro atoms. The molecule has 0 unspecified atom stereocenters. The van der Waals surface area contributed by atoms with Crippen LogP contribution in [0.4, 0.5) is 4.79 Å². The first-order chi connectivity index (χ1) is 9.43. The highest BCUT2D eigenvalue weighted by Gasteiger charge is 2.58. The van der Waals surface area contributed by atoms with Crippen LogP contribution in [0.25, 0.3) is 0 Å². The van der Waals surface area contributed by atoms with E-state index in [1.165, 1.54) is 4.90 Å². The van der Waals surface area contributed by atoms with E-state index < -0.39 is 17.9 Å². The van der Waals surface area contributed by atoms with E-state index in [1.807, 2.05) is 26.0 Å². The maximum atomic E-state index is 12.3. The van der Waals surface area contributed by atoms with Crippen molar-refractivity contribution in [1.29, 1.82) is 0 Å². The van der Waals surface area contributed by atoms with Crippen molar-refractivity contribution in [3.8, 4) is 5.75 Å². The van der Waals surface area contributed by atoms with Gasteiger partial charge in [0.15, 0.2) is 0 Å². The van der Waals surface area contributed by atoms with E-state index in [4.69, 9.17) is 9.47 Å². The van der Waals surface area contributed by atoms with Gasteiger partial charge in [-0.3, -0.25) is 4.90 Å². The van der Waals surface area contributed by atoms with Crippen molar-refractivity contribution in [2.45, 2.75) is 39.0 Å². The van der Waals surface area contributed by atoms with Gasteiger partial charge in [0.2, 0.25) is 6.23 Å². The third-order valence-electron chi connectivity index (χ3n) is 3.81. The lowest BCUT2D eigenvalue weighted by Gasteiger charge is -2.36. The van der Waals surface area contributed by atoms with Crippen LogP contribution >= 0.6 is 0 Å². The molecule has 1 saturated heterocycles. The highest BCUT2D eigenvalue weighted by molar-refractivity contribution is 5.90. The normalized spacial score (nSPS) is 28.0. The Morgan fingerprint density at radius 3 is 2.70 bits per heavy atom. The molecule has 1 aromatic carbocycles. The van der Waals surface area contributed by atoms with Crippen LogP contribution in [0.3, 0.4) is 0 Å². The van der Waals surface area contributed by atoms with E-state index in [0.717, 1.165) is 0 Å². The molecule has 0 bridgehead atoms. The molecule has 2 heterocycles. The van der Waals surface area contributed by atoms with Crippen LogP contribution in [0.2, 0.25) is 0 Å². The van der Waals surface area contributed by atoms with Gasteiger partial charge < -0.3 is 9.47 Å². The van der Waals surface area contributed by atoms with Gasteiger partial charge in [0.25, 0.3) is 0 Å². The molecule has 0 N–H and O–H groups in total. The Hall–Kier alpha value is -2.04. The lowest BCUT2D eigenvalue weighted by molar-refractivity contribution is -0.145. The third kappa shape index (κ3) is 1.69. The highest BCUT2D eigenvalue weighted by Crippen LogP contribution is 2.46. The maximum Gasteiger partial charge on any atom is 0.419 e. The number of carbonyl (C=O) groups excluding carboxylic acids is 2. The molecular weight excluding hydrogens is 258 g/mol. The van der Waals surface area contributed by atoms with Gasteiger partial charge in [0.1, 0.15) is 11.3 Å². The van der Waals surface area contributed by atoms with E-state index in [0.29, 0.717) is 17.7 Å². The molecule has 1 amide bonds. The first-order valence-corrected chi connectivity index (χ1v) is 6.74. The van der Waals surface area contributed by atoms with Crippen LogP contribution in [0, 0.1) is 5.92 Å². The van der Waals surface area contributed by atoms with Crippen LogP contribution in [0.15, 0.2) is 24.3 Å². The largest absolute Gasteiger partial charge is 0.435 e. The van der Waals surface area contributed by atoms with Crippen LogP contribution in [-0.2, 0) is 9.53 Å². The summed E-state index contributed by atoms with van der Waals surface area (Å²) in [6, 6.07) is 7.14. The third-order valence-corrected chi connectivity index (χ3v) is 3.81. The van der Waals surface area contributed by atoms with E-state index in [9.17, 15) is 9.59 Å². The number of benzene rings is 1. The van der Waals surface area contributed by atoms with E-state index >= 15 is 0 Å².